The Morgan fingerprint density at radius 1 is 0.941 bits per heavy atom. The number of anilines is 1. The number of amides is 2. The zero-order valence-electron chi connectivity index (χ0n) is 19.4. The van der Waals surface area contributed by atoms with Crippen molar-refractivity contribution in [1.29, 1.82) is 0 Å². The van der Waals surface area contributed by atoms with Crippen LogP contribution in [0.1, 0.15) is 32.7 Å². The largest absolute Gasteiger partial charge is 0.493 e. The van der Waals surface area contributed by atoms with Gasteiger partial charge in [0.15, 0.2) is 9.84 Å². The van der Waals surface area contributed by atoms with Crippen molar-refractivity contribution in [2.45, 2.75) is 18.2 Å². The summed E-state index contributed by atoms with van der Waals surface area (Å²) < 4.78 is 29.0. The molecule has 8 heteroatoms. The van der Waals surface area contributed by atoms with E-state index in [1.807, 2.05) is 13.0 Å². The minimum Gasteiger partial charge on any atom is -0.493 e. The molecule has 7 nitrogen and oxygen atoms in total. The average molecular weight is 481 g/mol. The monoisotopic (exact) mass is 480 g/mol. The highest BCUT2D eigenvalue weighted by Gasteiger charge is 2.15. The van der Waals surface area contributed by atoms with Gasteiger partial charge in [0.05, 0.1) is 11.5 Å². The van der Waals surface area contributed by atoms with Crippen molar-refractivity contribution in [3.63, 3.8) is 0 Å². The molecule has 34 heavy (non-hydrogen) atoms. The summed E-state index contributed by atoms with van der Waals surface area (Å²) >= 11 is 0. The van der Waals surface area contributed by atoms with E-state index in [2.05, 4.69) is 5.32 Å². The highest BCUT2D eigenvalue weighted by molar-refractivity contribution is 7.90. The summed E-state index contributed by atoms with van der Waals surface area (Å²) in [5.41, 5.74) is 2.45. The highest BCUT2D eigenvalue weighted by atomic mass is 32.2. The molecule has 0 fully saturated rings. The van der Waals surface area contributed by atoms with Gasteiger partial charge in [-0.15, -0.1) is 0 Å². The smallest absolute Gasteiger partial charge is 0.255 e. The van der Waals surface area contributed by atoms with Crippen LogP contribution in [0.4, 0.5) is 5.69 Å². The first-order chi connectivity index (χ1) is 16.1. The number of rotatable bonds is 9. The minimum atomic E-state index is -3.30. The van der Waals surface area contributed by atoms with Crippen LogP contribution < -0.4 is 10.1 Å². The number of nitrogens with one attached hydrogen (secondary N) is 1. The zero-order valence-corrected chi connectivity index (χ0v) is 20.3. The number of hydrogen-bond donors (Lipinski definition) is 1. The van der Waals surface area contributed by atoms with Gasteiger partial charge in [0.2, 0.25) is 0 Å². The normalized spacial score (nSPS) is 11.0. The molecule has 3 aromatic carbocycles. The lowest BCUT2D eigenvalue weighted by molar-refractivity contribution is 0.0787. The fraction of sp³-hybridized carbons (Fsp3) is 0.231. The Labute approximate surface area is 200 Å². The van der Waals surface area contributed by atoms with E-state index in [1.165, 1.54) is 12.1 Å². The molecule has 0 aliphatic heterocycles. The van der Waals surface area contributed by atoms with Crippen molar-refractivity contribution in [1.82, 2.24) is 4.90 Å². The van der Waals surface area contributed by atoms with Gasteiger partial charge in [-0.05, 0) is 61.4 Å². The van der Waals surface area contributed by atoms with E-state index < -0.39 is 9.84 Å². The van der Waals surface area contributed by atoms with Gasteiger partial charge >= 0.3 is 0 Å². The fourth-order valence-electron chi connectivity index (χ4n) is 3.28. The van der Waals surface area contributed by atoms with Crippen LogP contribution in [0.2, 0.25) is 0 Å². The molecule has 0 heterocycles. The maximum absolute atomic E-state index is 12.9. The van der Waals surface area contributed by atoms with Crippen molar-refractivity contribution in [3.05, 3.63) is 89.5 Å². The Balaban J connectivity index is 1.56. The maximum Gasteiger partial charge on any atom is 0.255 e. The molecule has 0 unspecified atom stereocenters. The van der Waals surface area contributed by atoms with Crippen molar-refractivity contribution < 1.29 is 22.7 Å². The van der Waals surface area contributed by atoms with E-state index in [0.717, 1.165) is 11.8 Å². The van der Waals surface area contributed by atoms with Crippen LogP contribution in [0.5, 0.6) is 5.75 Å². The van der Waals surface area contributed by atoms with Gasteiger partial charge < -0.3 is 15.0 Å². The SMILES string of the molecule is Cc1ccc(C(=O)N(C)CCCOc2cccc(S(C)(=O)=O)c2)cc1NC(=O)c1ccccc1. The zero-order chi connectivity index (χ0) is 24.7. The van der Waals surface area contributed by atoms with E-state index in [0.29, 0.717) is 42.1 Å². The van der Waals surface area contributed by atoms with Crippen LogP contribution in [0.3, 0.4) is 0 Å². The van der Waals surface area contributed by atoms with E-state index in [-0.39, 0.29) is 16.7 Å². The number of benzene rings is 3. The van der Waals surface area contributed by atoms with Crippen molar-refractivity contribution in [2.75, 3.05) is 31.8 Å². The molecule has 2 amide bonds. The summed E-state index contributed by atoms with van der Waals surface area (Å²) in [6.07, 6.45) is 1.71. The molecule has 0 saturated heterocycles. The molecule has 0 atom stereocenters. The summed E-state index contributed by atoms with van der Waals surface area (Å²) in [6.45, 7) is 2.65. The predicted molar refractivity (Wildman–Crippen MR) is 132 cm³/mol. The van der Waals surface area contributed by atoms with Crippen LogP contribution in [0, 0.1) is 6.92 Å². The Morgan fingerprint density at radius 2 is 1.68 bits per heavy atom. The lowest BCUT2D eigenvalue weighted by atomic mass is 10.1. The second-order valence-electron chi connectivity index (χ2n) is 8.03. The standard InChI is InChI=1S/C26H28N2O5S/c1-19-13-14-21(17-24(19)27-25(29)20-9-5-4-6-10-20)26(30)28(2)15-8-16-33-22-11-7-12-23(18-22)34(3,31)32/h4-7,9-14,17-18H,8,15-16H2,1-3H3,(H,27,29). The molecular weight excluding hydrogens is 452 g/mol. The second-order valence-corrected chi connectivity index (χ2v) is 10.0. The third-order valence-electron chi connectivity index (χ3n) is 5.26. The molecule has 0 aromatic heterocycles. The first kappa shape index (κ1) is 25.0. The van der Waals surface area contributed by atoms with E-state index in [1.54, 1.807) is 66.5 Å². The molecule has 0 aliphatic carbocycles. The first-order valence-electron chi connectivity index (χ1n) is 10.8. The number of hydrogen-bond acceptors (Lipinski definition) is 5. The quantitative estimate of drug-likeness (QED) is 0.464. The summed E-state index contributed by atoms with van der Waals surface area (Å²) in [5, 5.41) is 2.87. The topological polar surface area (TPSA) is 92.8 Å². The van der Waals surface area contributed by atoms with E-state index >= 15 is 0 Å². The summed E-state index contributed by atoms with van der Waals surface area (Å²) in [7, 11) is -1.60. The van der Waals surface area contributed by atoms with Gasteiger partial charge in [-0.25, -0.2) is 8.42 Å². The molecule has 3 aromatic rings. The molecule has 0 radical (unpaired) electrons. The van der Waals surface area contributed by atoms with Gasteiger partial charge in [0, 0.05) is 36.7 Å². The second kappa shape index (κ2) is 11.0. The number of aryl methyl sites for hydroxylation is 1. The van der Waals surface area contributed by atoms with Crippen molar-refractivity contribution in [3.8, 4) is 5.75 Å². The van der Waals surface area contributed by atoms with Crippen LogP contribution in [-0.2, 0) is 9.84 Å². The van der Waals surface area contributed by atoms with Crippen molar-refractivity contribution >= 4 is 27.3 Å². The lowest BCUT2D eigenvalue weighted by Gasteiger charge is -2.18. The third kappa shape index (κ3) is 6.68. The number of sulfone groups is 1. The number of nitrogens with zero attached hydrogens (tertiary/aromatic N) is 1. The van der Waals surface area contributed by atoms with E-state index in [9.17, 15) is 18.0 Å². The maximum atomic E-state index is 12.9. The van der Waals surface area contributed by atoms with Gasteiger partial charge in [-0.1, -0.05) is 30.3 Å². The Hall–Kier alpha value is -3.65. The van der Waals surface area contributed by atoms with Crippen molar-refractivity contribution in [2.24, 2.45) is 0 Å². The Bertz CT molecular complexity index is 1270. The van der Waals surface area contributed by atoms with Gasteiger partial charge in [0.1, 0.15) is 5.75 Å². The van der Waals surface area contributed by atoms with Crippen LogP contribution in [-0.4, -0.2) is 51.6 Å². The molecular formula is C26H28N2O5S. The highest BCUT2D eigenvalue weighted by Crippen LogP contribution is 2.20. The molecule has 0 saturated carbocycles. The Kier molecular flexibility index (Phi) is 8.07. The van der Waals surface area contributed by atoms with E-state index in [4.69, 9.17) is 4.74 Å². The summed E-state index contributed by atoms with van der Waals surface area (Å²) in [5.74, 6) is 0.0577. The minimum absolute atomic E-state index is 0.172. The van der Waals surface area contributed by atoms with Gasteiger partial charge in [0.25, 0.3) is 11.8 Å². The molecule has 0 aliphatic rings. The fourth-order valence-corrected chi connectivity index (χ4v) is 3.94. The summed E-state index contributed by atoms with van der Waals surface area (Å²) in [6, 6.07) is 20.4. The van der Waals surface area contributed by atoms with Crippen LogP contribution >= 0.6 is 0 Å². The Morgan fingerprint density at radius 3 is 2.38 bits per heavy atom. The summed E-state index contributed by atoms with van der Waals surface area (Å²) in [4.78, 5) is 27.2. The lowest BCUT2D eigenvalue weighted by Crippen LogP contribution is -2.28. The van der Waals surface area contributed by atoms with Crippen LogP contribution in [0.15, 0.2) is 77.7 Å². The average Bonchev–Trinajstić information content (AvgIpc) is 2.82. The molecule has 178 valence electrons. The van der Waals surface area contributed by atoms with Crippen LogP contribution in [0.25, 0.3) is 0 Å². The first-order valence-corrected chi connectivity index (χ1v) is 12.7. The predicted octanol–water partition coefficient (Wildman–Crippen LogP) is 4.19. The molecule has 1 N–H and O–H groups in total. The van der Waals surface area contributed by atoms with Gasteiger partial charge in [-0.3, -0.25) is 9.59 Å². The third-order valence-corrected chi connectivity index (χ3v) is 6.37. The molecule has 0 spiro atoms. The van der Waals surface area contributed by atoms with Gasteiger partial charge in [-0.2, -0.15) is 0 Å². The molecule has 3 rings (SSSR count). The number of carbonyl (C=O) groups excluding carboxylic acids is 2. The molecule has 0 bridgehead atoms. The number of carbonyl (C=O) groups is 2. The number of ether oxygens (including phenoxy) is 1.